The van der Waals surface area contributed by atoms with Crippen LogP contribution < -0.4 is 4.74 Å². The summed E-state index contributed by atoms with van der Waals surface area (Å²) in [4.78, 5) is 17.5. The maximum absolute atomic E-state index is 10.3. The summed E-state index contributed by atoms with van der Waals surface area (Å²) in [5, 5.41) is 0. The molecular formula is C6H5N2O2. The van der Waals surface area contributed by atoms with Crippen LogP contribution in [0.15, 0.2) is 12.5 Å². The molecule has 0 aliphatic heterocycles. The summed E-state index contributed by atoms with van der Waals surface area (Å²) in [7, 11) is 0. The summed E-state index contributed by atoms with van der Waals surface area (Å²) < 4.78 is 4.57. The van der Waals surface area contributed by atoms with Crippen molar-refractivity contribution in [2.24, 2.45) is 0 Å². The van der Waals surface area contributed by atoms with Crippen molar-refractivity contribution in [1.82, 2.24) is 9.97 Å². The molecule has 0 fully saturated rings. The molecule has 0 saturated heterocycles. The van der Waals surface area contributed by atoms with Crippen molar-refractivity contribution in [1.29, 1.82) is 0 Å². The molecule has 4 heteroatoms. The average molecular weight is 137 g/mol. The molecule has 1 rings (SSSR count). The SMILES string of the molecule is CC(=O)Oc1[c]cncn1. The molecule has 0 aliphatic rings. The minimum Gasteiger partial charge on any atom is -0.407 e. The van der Waals surface area contributed by atoms with Crippen molar-refractivity contribution < 1.29 is 9.53 Å². The van der Waals surface area contributed by atoms with Crippen LogP contribution in [0.25, 0.3) is 0 Å². The number of carbonyl (C=O) groups excluding carboxylic acids is 1. The van der Waals surface area contributed by atoms with E-state index in [1.165, 1.54) is 19.4 Å². The van der Waals surface area contributed by atoms with E-state index in [1.54, 1.807) is 0 Å². The van der Waals surface area contributed by atoms with Gasteiger partial charge in [0.25, 0.3) is 0 Å². The first-order chi connectivity index (χ1) is 4.79. The zero-order valence-electron chi connectivity index (χ0n) is 5.37. The lowest BCUT2D eigenvalue weighted by Gasteiger charge is -1.94. The lowest BCUT2D eigenvalue weighted by molar-refractivity contribution is -0.132. The van der Waals surface area contributed by atoms with Crippen molar-refractivity contribution in [3.63, 3.8) is 0 Å². The fraction of sp³-hybridized carbons (Fsp3) is 0.167. The number of rotatable bonds is 1. The van der Waals surface area contributed by atoms with Crippen LogP contribution in [0.2, 0.25) is 0 Å². The molecule has 0 saturated carbocycles. The van der Waals surface area contributed by atoms with Crippen LogP contribution in [0.5, 0.6) is 5.88 Å². The van der Waals surface area contributed by atoms with E-state index < -0.39 is 5.97 Å². The maximum Gasteiger partial charge on any atom is 0.309 e. The zero-order chi connectivity index (χ0) is 7.40. The number of nitrogens with zero attached hydrogens (tertiary/aromatic N) is 2. The van der Waals surface area contributed by atoms with Gasteiger partial charge in [0.2, 0.25) is 5.88 Å². The van der Waals surface area contributed by atoms with Gasteiger partial charge in [-0.25, -0.2) is 9.97 Å². The van der Waals surface area contributed by atoms with E-state index in [2.05, 4.69) is 20.8 Å². The lowest BCUT2D eigenvalue weighted by atomic mass is 10.6. The molecule has 0 unspecified atom stereocenters. The number of aromatic nitrogens is 2. The first-order valence-electron chi connectivity index (χ1n) is 2.65. The van der Waals surface area contributed by atoms with Gasteiger partial charge in [0.05, 0.1) is 6.07 Å². The van der Waals surface area contributed by atoms with Gasteiger partial charge in [-0.15, -0.1) is 0 Å². The van der Waals surface area contributed by atoms with E-state index in [1.807, 2.05) is 0 Å². The normalized spacial score (nSPS) is 8.90. The first-order valence-corrected chi connectivity index (χ1v) is 2.65. The van der Waals surface area contributed by atoms with Gasteiger partial charge in [-0.1, -0.05) is 0 Å². The standard InChI is InChI=1S/C6H5N2O2/c1-5(9)10-6-2-3-7-4-8-6/h3-4H,1H3. The molecule has 0 bridgehead atoms. The van der Waals surface area contributed by atoms with E-state index in [-0.39, 0.29) is 5.88 Å². The monoisotopic (exact) mass is 137 g/mol. The Labute approximate surface area is 57.9 Å². The molecule has 1 radical (unpaired) electrons. The Bertz CT molecular complexity index is 222. The fourth-order valence-corrected chi connectivity index (χ4v) is 0.441. The Morgan fingerprint density at radius 3 is 3.10 bits per heavy atom. The Hall–Kier alpha value is -1.45. The molecule has 0 aromatic carbocycles. The molecule has 0 spiro atoms. The van der Waals surface area contributed by atoms with Crippen molar-refractivity contribution >= 4 is 5.97 Å². The largest absolute Gasteiger partial charge is 0.407 e. The van der Waals surface area contributed by atoms with Crippen molar-refractivity contribution in [2.45, 2.75) is 6.92 Å². The van der Waals surface area contributed by atoms with Crippen molar-refractivity contribution in [3.05, 3.63) is 18.6 Å². The van der Waals surface area contributed by atoms with Crippen LogP contribution in [0, 0.1) is 6.07 Å². The van der Waals surface area contributed by atoms with Gasteiger partial charge in [0.15, 0.2) is 0 Å². The molecule has 0 amide bonds. The number of carbonyl (C=O) groups is 1. The molecule has 0 atom stereocenters. The topological polar surface area (TPSA) is 52.1 Å². The molecule has 4 nitrogen and oxygen atoms in total. The molecule has 10 heavy (non-hydrogen) atoms. The summed E-state index contributed by atoms with van der Waals surface area (Å²) in [5.74, 6) is -0.252. The molecule has 1 aromatic rings. The van der Waals surface area contributed by atoms with Gasteiger partial charge in [0.1, 0.15) is 6.33 Å². The molecule has 0 aliphatic carbocycles. The third kappa shape index (κ3) is 1.81. The predicted molar refractivity (Wildman–Crippen MR) is 32.2 cm³/mol. The smallest absolute Gasteiger partial charge is 0.309 e. The Morgan fingerprint density at radius 2 is 2.60 bits per heavy atom. The second-order valence-electron chi connectivity index (χ2n) is 1.57. The average Bonchev–Trinajstić information content (AvgIpc) is 1.88. The quantitative estimate of drug-likeness (QED) is 0.519. The predicted octanol–water partition coefficient (Wildman–Crippen LogP) is 0.202. The van der Waals surface area contributed by atoms with E-state index >= 15 is 0 Å². The minimum atomic E-state index is -0.407. The number of esters is 1. The third-order valence-corrected chi connectivity index (χ3v) is 0.745. The highest BCUT2D eigenvalue weighted by molar-refractivity contribution is 5.68. The Kier molecular flexibility index (Phi) is 1.94. The minimum absolute atomic E-state index is 0.155. The Balaban J connectivity index is 2.67. The summed E-state index contributed by atoms with van der Waals surface area (Å²) in [6.45, 7) is 1.30. The molecular weight excluding hydrogens is 132 g/mol. The van der Waals surface area contributed by atoms with Gasteiger partial charge in [0, 0.05) is 13.1 Å². The van der Waals surface area contributed by atoms with Crippen molar-refractivity contribution in [3.8, 4) is 5.88 Å². The third-order valence-electron chi connectivity index (χ3n) is 0.745. The van der Waals surface area contributed by atoms with Gasteiger partial charge >= 0.3 is 5.97 Å². The van der Waals surface area contributed by atoms with Gasteiger partial charge < -0.3 is 4.74 Å². The van der Waals surface area contributed by atoms with Gasteiger partial charge in [-0.2, -0.15) is 0 Å². The van der Waals surface area contributed by atoms with E-state index in [4.69, 9.17) is 0 Å². The highest BCUT2D eigenvalue weighted by Gasteiger charge is 1.95. The van der Waals surface area contributed by atoms with Crippen LogP contribution in [0.1, 0.15) is 6.92 Å². The molecule has 1 heterocycles. The molecule has 0 N–H and O–H groups in total. The summed E-state index contributed by atoms with van der Waals surface area (Å²) in [6, 6.07) is 2.53. The van der Waals surface area contributed by atoms with E-state index in [0.29, 0.717) is 0 Å². The number of ether oxygens (including phenoxy) is 1. The van der Waals surface area contributed by atoms with Crippen LogP contribution in [-0.2, 0) is 4.79 Å². The second-order valence-corrected chi connectivity index (χ2v) is 1.57. The maximum atomic E-state index is 10.3. The van der Waals surface area contributed by atoms with Gasteiger partial charge in [-0.3, -0.25) is 4.79 Å². The second kappa shape index (κ2) is 2.91. The van der Waals surface area contributed by atoms with Crippen LogP contribution in [0.4, 0.5) is 0 Å². The van der Waals surface area contributed by atoms with Crippen molar-refractivity contribution in [2.75, 3.05) is 0 Å². The summed E-state index contributed by atoms with van der Waals surface area (Å²) in [6.07, 6.45) is 2.67. The molecule has 1 aromatic heterocycles. The lowest BCUT2D eigenvalue weighted by Crippen LogP contribution is -2.02. The van der Waals surface area contributed by atoms with E-state index in [9.17, 15) is 4.79 Å². The molecule has 51 valence electrons. The van der Waals surface area contributed by atoms with Crippen LogP contribution in [-0.4, -0.2) is 15.9 Å². The van der Waals surface area contributed by atoms with Crippen LogP contribution in [0.3, 0.4) is 0 Å². The summed E-state index contributed by atoms with van der Waals surface area (Å²) in [5.41, 5.74) is 0. The van der Waals surface area contributed by atoms with Gasteiger partial charge in [-0.05, 0) is 0 Å². The van der Waals surface area contributed by atoms with E-state index in [0.717, 1.165) is 0 Å². The zero-order valence-corrected chi connectivity index (χ0v) is 5.37. The van der Waals surface area contributed by atoms with Crippen LogP contribution >= 0.6 is 0 Å². The highest BCUT2D eigenvalue weighted by atomic mass is 16.5. The Morgan fingerprint density at radius 1 is 1.80 bits per heavy atom. The summed E-state index contributed by atoms with van der Waals surface area (Å²) >= 11 is 0. The first kappa shape index (κ1) is 6.67. The number of hydrogen-bond donors (Lipinski definition) is 0. The number of hydrogen-bond acceptors (Lipinski definition) is 4. The highest BCUT2D eigenvalue weighted by Crippen LogP contribution is 1.99. The fourth-order valence-electron chi connectivity index (χ4n) is 0.441.